The van der Waals surface area contributed by atoms with Crippen LogP contribution in [0.5, 0.6) is 5.75 Å². The summed E-state index contributed by atoms with van der Waals surface area (Å²) in [4.78, 5) is 12.6. The highest BCUT2D eigenvalue weighted by atomic mass is 16.5. The molecule has 0 amide bonds. The van der Waals surface area contributed by atoms with Gasteiger partial charge in [-0.1, -0.05) is 0 Å². The lowest BCUT2D eigenvalue weighted by Gasteiger charge is -2.27. The van der Waals surface area contributed by atoms with Crippen molar-refractivity contribution in [1.82, 2.24) is 10.2 Å². The van der Waals surface area contributed by atoms with Crippen molar-refractivity contribution in [3.8, 4) is 5.75 Å². The van der Waals surface area contributed by atoms with Gasteiger partial charge in [0, 0.05) is 19.6 Å². The lowest BCUT2D eigenvalue weighted by Crippen LogP contribution is -2.46. The van der Waals surface area contributed by atoms with E-state index >= 15 is 0 Å². The molecular formula is C15H24N2O4. The van der Waals surface area contributed by atoms with Crippen LogP contribution in [0, 0.1) is 0 Å². The van der Waals surface area contributed by atoms with Crippen LogP contribution in [0.25, 0.3) is 0 Å². The van der Waals surface area contributed by atoms with Gasteiger partial charge in [0.15, 0.2) is 0 Å². The highest BCUT2D eigenvalue weighted by Crippen LogP contribution is 2.11. The first-order valence-corrected chi connectivity index (χ1v) is 6.84. The molecule has 1 aromatic carbocycles. The molecule has 0 radical (unpaired) electrons. The fourth-order valence-electron chi connectivity index (χ4n) is 2.03. The summed E-state index contributed by atoms with van der Waals surface area (Å²) in [5, 5.41) is 22.0. The molecule has 0 aromatic heterocycles. The van der Waals surface area contributed by atoms with E-state index < -0.39 is 11.6 Å². The molecule has 0 fully saturated rings. The summed E-state index contributed by atoms with van der Waals surface area (Å²) in [5.41, 5.74) is -0.549. The lowest BCUT2D eigenvalue weighted by molar-refractivity contribution is 0.0333. The van der Waals surface area contributed by atoms with Crippen molar-refractivity contribution in [2.24, 2.45) is 0 Å². The number of ether oxygens (including phenoxy) is 1. The second-order valence-corrected chi connectivity index (χ2v) is 5.59. The zero-order valence-corrected chi connectivity index (χ0v) is 12.8. The highest BCUT2D eigenvalue weighted by Gasteiger charge is 2.20. The third-order valence-electron chi connectivity index (χ3n) is 2.81. The Labute approximate surface area is 125 Å². The molecule has 0 aliphatic heterocycles. The monoisotopic (exact) mass is 296 g/mol. The van der Waals surface area contributed by atoms with Gasteiger partial charge in [-0.15, -0.1) is 0 Å². The number of likely N-dealkylation sites (N-methyl/N-ethyl adjacent to an activating group) is 1. The molecule has 0 bridgehead atoms. The Morgan fingerprint density at radius 2 is 1.95 bits per heavy atom. The summed E-state index contributed by atoms with van der Waals surface area (Å²) in [6.45, 7) is 3.89. The smallest absolute Gasteiger partial charge is 0.335 e. The number of nitrogens with one attached hydrogen (secondary N) is 1. The average Bonchev–Trinajstić information content (AvgIpc) is 2.37. The van der Waals surface area contributed by atoms with Crippen LogP contribution in [0.2, 0.25) is 0 Å². The predicted molar refractivity (Wildman–Crippen MR) is 80.9 cm³/mol. The molecule has 0 saturated heterocycles. The van der Waals surface area contributed by atoms with E-state index in [2.05, 4.69) is 5.32 Å². The number of nitrogens with zero attached hydrogens (tertiary/aromatic N) is 1. The van der Waals surface area contributed by atoms with E-state index in [1.54, 1.807) is 19.1 Å². The number of carboxylic acid groups (broad SMARTS) is 1. The molecule has 1 aromatic rings. The molecule has 0 aliphatic rings. The molecule has 0 saturated carbocycles. The van der Waals surface area contributed by atoms with Gasteiger partial charge in [-0.25, -0.2) is 4.79 Å². The van der Waals surface area contributed by atoms with Gasteiger partial charge in [-0.2, -0.15) is 0 Å². The molecule has 0 aliphatic carbocycles. The number of hydrogen-bond donors (Lipinski definition) is 3. The molecule has 0 heterocycles. The number of benzene rings is 1. The maximum atomic E-state index is 10.7. The minimum atomic E-state index is -0.952. The van der Waals surface area contributed by atoms with Gasteiger partial charge in [0.25, 0.3) is 0 Å². The van der Waals surface area contributed by atoms with Crippen LogP contribution < -0.4 is 10.1 Å². The van der Waals surface area contributed by atoms with Crippen molar-refractivity contribution in [1.29, 1.82) is 0 Å². The Hall–Kier alpha value is -1.63. The van der Waals surface area contributed by atoms with Crippen LogP contribution >= 0.6 is 0 Å². The summed E-state index contributed by atoms with van der Waals surface area (Å²) < 4.78 is 5.49. The topological polar surface area (TPSA) is 82.0 Å². The van der Waals surface area contributed by atoms with Crippen LogP contribution in [0.15, 0.2) is 24.3 Å². The van der Waals surface area contributed by atoms with Gasteiger partial charge in [-0.05, 0) is 45.3 Å². The minimum absolute atomic E-state index is 0.236. The van der Waals surface area contributed by atoms with Crippen molar-refractivity contribution in [3.05, 3.63) is 29.8 Å². The van der Waals surface area contributed by atoms with Gasteiger partial charge in [0.1, 0.15) is 12.4 Å². The van der Waals surface area contributed by atoms with E-state index in [1.807, 2.05) is 19.0 Å². The second-order valence-electron chi connectivity index (χ2n) is 5.59. The molecule has 6 nitrogen and oxygen atoms in total. The number of aromatic carboxylic acids is 1. The fourth-order valence-corrected chi connectivity index (χ4v) is 2.03. The molecular weight excluding hydrogens is 272 g/mol. The van der Waals surface area contributed by atoms with E-state index in [-0.39, 0.29) is 5.56 Å². The van der Waals surface area contributed by atoms with Gasteiger partial charge < -0.3 is 25.2 Å². The summed E-state index contributed by atoms with van der Waals surface area (Å²) in [7, 11) is 3.83. The van der Waals surface area contributed by atoms with Crippen LogP contribution in [0.4, 0.5) is 0 Å². The number of carbonyl (C=O) groups is 1. The third kappa shape index (κ3) is 7.08. The first kappa shape index (κ1) is 17.4. The standard InChI is InChI=1S/C15H24N2O4/c1-15(20,11-17(2)3)10-16-8-9-21-13-6-4-12(5-7-13)14(18)19/h4-7,16,20H,8-11H2,1-3H3,(H,18,19). The van der Waals surface area contributed by atoms with Gasteiger partial charge in [-0.3, -0.25) is 0 Å². The van der Waals surface area contributed by atoms with Crippen molar-refractivity contribution in [3.63, 3.8) is 0 Å². The lowest BCUT2D eigenvalue weighted by atomic mass is 10.1. The zero-order valence-electron chi connectivity index (χ0n) is 12.8. The van der Waals surface area contributed by atoms with Crippen LogP contribution in [0.1, 0.15) is 17.3 Å². The molecule has 3 N–H and O–H groups in total. The first-order chi connectivity index (χ1) is 9.80. The van der Waals surface area contributed by atoms with Crippen molar-refractivity contribution in [2.45, 2.75) is 12.5 Å². The number of carboxylic acids is 1. The Morgan fingerprint density at radius 3 is 2.48 bits per heavy atom. The third-order valence-corrected chi connectivity index (χ3v) is 2.81. The van der Waals surface area contributed by atoms with E-state index in [0.29, 0.717) is 32.0 Å². The number of aliphatic hydroxyl groups is 1. The Balaban J connectivity index is 2.23. The normalized spacial score (nSPS) is 14.0. The maximum absolute atomic E-state index is 10.7. The van der Waals surface area contributed by atoms with Crippen molar-refractivity contribution in [2.75, 3.05) is 40.3 Å². The molecule has 1 atom stereocenters. The molecule has 6 heteroatoms. The van der Waals surface area contributed by atoms with Crippen LogP contribution in [-0.4, -0.2) is 67.0 Å². The Kier molecular flexibility index (Phi) is 6.61. The first-order valence-electron chi connectivity index (χ1n) is 6.84. The summed E-state index contributed by atoms with van der Waals surface area (Å²) in [5.74, 6) is -0.326. The van der Waals surface area contributed by atoms with E-state index in [9.17, 15) is 9.90 Å². The summed E-state index contributed by atoms with van der Waals surface area (Å²) >= 11 is 0. The van der Waals surface area contributed by atoms with Crippen LogP contribution in [-0.2, 0) is 0 Å². The second kappa shape index (κ2) is 7.97. The van der Waals surface area contributed by atoms with Gasteiger partial charge >= 0.3 is 5.97 Å². The maximum Gasteiger partial charge on any atom is 0.335 e. The van der Waals surface area contributed by atoms with E-state index in [1.165, 1.54) is 12.1 Å². The molecule has 21 heavy (non-hydrogen) atoms. The molecule has 0 spiro atoms. The summed E-state index contributed by atoms with van der Waals surface area (Å²) in [6, 6.07) is 6.28. The highest BCUT2D eigenvalue weighted by molar-refractivity contribution is 5.87. The predicted octanol–water partition coefficient (Wildman–Crippen LogP) is 0.666. The largest absolute Gasteiger partial charge is 0.492 e. The summed E-state index contributed by atoms with van der Waals surface area (Å²) in [6.07, 6.45) is 0. The van der Waals surface area contributed by atoms with E-state index in [0.717, 1.165) is 0 Å². The van der Waals surface area contributed by atoms with E-state index in [4.69, 9.17) is 9.84 Å². The number of hydrogen-bond acceptors (Lipinski definition) is 5. The van der Waals surface area contributed by atoms with Gasteiger partial charge in [0.05, 0.1) is 11.2 Å². The zero-order chi connectivity index (χ0) is 15.9. The molecule has 1 unspecified atom stereocenters. The minimum Gasteiger partial charge on any atom is -0.492 e. The quantitative estimate of drug-likeness (QED) is 0.581. The van der Waals surface area contributed by atoms with Crippen molar-refractivity contribution < 1.29 is 19.7 Å². The fraction of sp³-hybridized carbons (Fsp3) is 0.533. The van der Waals surface area contributed by atoms with Crippen LogP contribution in [0.3, 0.4) is 0 Å². The number of rotatable bonds is 9. The average molecular weight is 296 g/mol. The Bertz CT molecular complexity index is 443. The Morgan fingerprint density at radius 1 is 1.33 bits per heavy atom. The van der Waals surface area contributed by atoms with Crippen molar-refractivity contribution >= 4 is 5.97 Å². The van der Waals surface area contributed by atoms with Gasteiger partial charge in [0.2, 0.25) is 0 Å². The molecule has 1 rings (SSSR count). The SMILES string of the molecule is CN(C)CC(C)(O)CNCCOc1ccc(C(=O)O)cc1. The molecule has 118 valence electrons.